The first kappa shape index (κ1) is 13.3. The predicted octanol–water partition coefficient (Wildman–Crippen LogP) is 2.40. The zero-order chi connectivity index (χ0) is 14.0. The van der Waals surface area contributed by atoms with Gasteiger partial charge in [0.05, 0.1) is 11.3 Å². The Kier molecular flexibility index (Phi) is 3.64. The van der Waals surface area contributed by atoms with Crippen LogP contribution in [-0.4, -0.2) is 25.8 Å². The predicted molar refractivity (Wildman–Crippen MR) is 71.8 cm³/mol. The van der Waals surface area contributed by atoms with E-state index in [9.17, 15) is 4.79 Å². The fourth-order valence-corrected chi connectivity index (χ4v) is 1.93. The zero-order valence-electron chi connectivity index (χ0n) is 11.3. The smallest absolute Gasteiger partial charge is 0.335 e. The molecule has 0 aliphatic heterocycles. The van der Waals surface area contributed by atoms with Gasteiger partial charge in [0, 0.05) is 12.8 Å². The SMILES string of the molecule is CCc1nc(CC)n(-c2cc(C(=O)O)ccc2C)n1. The Morgan fingerprint density at radius 1 is 1.32 bits per heavy atom. The van der Waals surface area contributed by atoms with Crippen molar-refractivity contribution in [3.63, 3.8) is 0 Å². The molecule has 1 heterocycles. The second kappa shape index (κ2) is 5.22. The topological polar surface area (TPSA) is 68.0 Å². The number of aryl methyl sites for hydroxylation is 3. The number of carboxylic acid groups (broad SMARTS) is 1. The number of hydrogen-bond acceptors (Lipinski definition) is 3. The lowest BCUT2D eigenvalue weighted by molar-refractivity contribution is 0.0697. The maximum Gasteiger partial charge on any atom is 0.335 e. The largest absolute Gasteiger partial charge is 0.478 e. The van der Waals surface area contributed by atoms with E-state index in [2.05, 4.69) is 10.1 Å². The van der Waals surface area contributed by atoms with Crippen LogP contribution in [0.15, 0.2) is 18.2 Å². The van der Waals surface area contributed by atoms with Crippen molar-refractivity contribution in [3.05, 3.63) is 41.0 Å². The van der Waals surface area contributed by atoms with Gasteiger partial charge in [0.2, 0.25) is 0 Å². The lowest BCUT2D eigenvalue weighted by Gasteiger charge is -2.09. The maximum atomic E-state index is 11.1. The van der Waals surface area contributed by atoms with Crippen molar-refractivity contribution >= 4 is 5.97 Å². The number of aromatic nitrogens is 3. The highest BCUT2D eigenvalue weighted by molar-refractivity contribution is 5.88. The molecule has 1 aromatic carbocycles. The number of carboxylic acids is 1. The Bertz CT molecular complexity index is 617. The van der Waals surface area contributed by atoms with Gasteiger partial charge in [0.25, 0.3) is 0 Å². The van der Waals surface area contributed by atoms with Gasteiger partial charge in [-0.3, -0.25) is 0 Å². The first-order valence-corrected chi connectivity index (χ1v) is 6.36. The number of benzene rings is 1. The molecule has 2 rings (SSSR count). The summed E-state index contributed by atoms with van der Waals surface area (Å²) in [7, 11) is 0. The van der Waals surface area contributed by atoms with Gasteiger partial charge in [0.15, 0.2) is 5.82 Å². The summed E-state index contributed by atoms with van der Waals surface area (Å²) in [6, 6.07) is 5.04. The number of rotatable bonds is 4. The molecule has 100 valence electrons. The highest BCUT2D eigenvalue weighted by Crippen LogP contribution is 2.18. The summed E-state index contributed by atoms with van der Waals surface area (Å²) < 4.78 is 1.75. The molecule has 2 aromatic rings. The van der Waals surface area contributed by atoms with Gasteiger partial charge in [-0.1, -0.05) is 19.9 Å². The van der Waals surface area contributed by atoms with Crippen molar-refractivity contribution < 1.29 is 9.90 Å². The van der Waals surface area contributed by atoms with Crippen LogP contribution >= 0.6 is 0 Å². The zero-order valence-corrected chi connectivity index (χ0v) is 11.3. The molecular formula is C14H17N3O2. The second-order valence-corrected chi connectivity index (χ2v) is 4.37. The lowest BCUT2D eigenvalue weighted by Crippen LogP contribution is -2.06. The van der Waals surface area contributed by atoms with Crippen LogP contribution in [0.25, 0.3) is 5.69 Å². The van der Waals surface area contributed by atoms with E-state index in [0.29, 0.717) is 0 Å². The van der Waals surface area contributed by atoms with Crippen LogP contribution in [0.2, 0.25) is 0 Å². The van der Waals surface area contributed by atoms with E-state index >= 15 is 0 Å². The normalized spacial score (nSPS) is 10.7. The van der Waals surface area contributed by atoms with Gasteiger partial charge in [0.1, 0.15) is 5.82 Å². The minimum Gasteiger partial charge on any atom is -0.478 e. The van der Waals surface area contributed by atoms with Crippen LogP contribution < -0.4 is 0 Å². The molecule has 5 heteroatoms. The van der Waals surface area contributed by atoms with Crippen molar-refractivity contribution in [1.29, 1.82) is 0 Å². The second-order valence-electron chi connectivity index (χ2n) is 4.37. The molecule has 0 radical (unpaired) electrons. The first-order valence-electron chi connectivity index (χ1n) is 6.36. The quantitative estimate of drug-likeness (QED) is 0.915. The minimum atomic E-state index is -0.935. The summed E-state index contributed by atoms with van der Waals surface area (Å²) in [6.45, 7) is 5.95. The van der Waals surface area contributed by atoms with Gasteiger partial charge < -0.3 is 5.11 Å². The average molecular weight is 259 g/mol. The molecule has 0 amide bonds. The highest BCUT2D eigenvalue weighted by Gasteiger charge is 2.13. The summed E-state index contributed by atoms with van der Waals surface area (Å²) in [5, 5.41) is 13.5. The summed E-state index contributed by atoms with van der Waals surface area (Å²) in [5.41, 5.74) is 2.02. The molecule has 19 heavy (non-hydrogen) atoms. The molecule has 0 saturated heterocycles. The molecule has 0 spiro atoms. The fourth-order valence-electron chi connectivity index (χ4n) is 1.93. The standard InChI is InChI=1S/C14H17N3O2/c1-4-12-15-13(5-2)17(16-12)11-8-10(14(18)19)7-6-9(11)3/h6-8H,4-5H2,1-3H3,(H,18,19). The van der Waals surface area contributed by atoms with E-state index in [1.54, 1.807) is 22.9 Å². The number of hydrogen-bond donors (Lipinski definition) is 1. The van der Waals surface area contributed by atoms with Crippen molar-refractivity contribution in [2.45, 2.75) is 33.6 Å². The molecule has 0 unspecified atom stereocenters. The summed E-state index contributed by atoms with van der Waals surface area (Å²) in [4.78, 5) is 15.5. The van der Waals surface area contributed by atoms with E-state index in [1.165, 1.54) is 0 Å². The Balaban J connectivity index is 2.60. The molecule has 1 aromatic heterocycles. The Morgan fingerprint density at radius 2 is 2.05 bits per heavy atom. The summed E-state index contributed by atoms with van der Waals surface area (Å²) >= 11 is 0. The molecule has 0 fully saturated rings. The van der Waals surface area contributed by atoms with E-state index < -0.39 is 5.97 Å². The average Bonchev–Trinajstić information content (AvgIpc) is 2.82. The summed E-state index contributed by atoms with van der Waals surface area (Å²) in [5.74, 6) is 0.689. The lowest BCUT2D eigenvalue weighted by atomic mass is 10.1. The fraction of sp³-hybridized carbons (Fsp3) is 0.357. The van der Waals surface area contributed by atoms with E-state index in [0.717, 1.165) is 35.7 Å². The van der Waals surface area contributed by atoms with E-state index in [4.69, 9.17) is 5.11 Å². The third kappa shape index (κ3) is 2.50. The molecule has 0 atom stereocenters. The van der Waals surface area contributed by atoms with Crippen molar-refractivity contribution in [2.24, 2.45) is 0 Å². The van der Waals surface area contributed by atoms with Gasteiger partial charge >= 0.3 is 5.97 Å². The Hall–Kier alpha value is -2.17. The van der Waals surface area contributed by atoms with Crippen LogP contribution in [0.1, 0.15) is 41.4 Å². The number of nitrogens with zero attached hydrogens (tertiary/aromatic N) is 3. The molecule has 0 saturated carbocycles. The van der Waals surface area contributed by atoms with Gasteiger partial charge in [-0.25, -0.2) is 14.5 Å². The van der Waals surface area contributed by atoms with Crippen LogP contribution in [0, 0.1) is 6.92 Å². The van der Waals surface area contributed by atoms with Crippen LogP contribution in [0.3, 0.4) is 0 Å². The van der Waals surface area contributed by atoms with E-state index in [1.807, 2.05) is 20.8 Å². The van der Waals surface area contributed by atoms with Crippen LogP contribution in [0.5, 0.6) is 0 Å². The van der Waals surface area contributed by atoms with Crippen LogP contribution in [-0.2, 0) is 12.8 Å². The molecule has 5 nitrogen and oxygen atoms in total. The third-order valence-corrected chi connectivity index (χ3v) is 3.03. The molecule has 0 bridgehead atoms. The van der Waals surface area contributed by atoms with Gasteiger partial charge in [-0.2, -0.15) is 5.10 Å². The monoisotopic (exact) mass is 259 g/mol. The van der Waals surface area contributed by atoms with Gasteiger partial charge in [-0.15, -0.1) is 0 Å². The number of carbonyl (C=O) groups is 1. The Morgan fingerprint density at radius 3 is 2.63 bits per heavy atom. The minimum absolute atomic E-state index is 0.260. The number of aromatic carboxylic acids is 1. The van der Waals surface area contributed by atoms with E-state index in [-0.39, 0.29) is 5.56 Å². The first-order chi connectivity index (χ1) is 9.06. The Labute approximate surface area is 111 Å². The van der Waals surface area contributed by atoms with Crippen molar-refractivity contribution in [3.8, 4) is 5.69 Å². The molecule has 0 aliphatic carbocycles. The van der Waals surface area contributed by atoms with Crippen molar-refractivity contribution in [2.75, 3.05) is 0 Å². The van der Waals surface area contributed by atoms with Crippen molar-refractivity contribution in [1.82, 2.24) is 14.8 Å². The summed E-state index contributed by atoms with van der Waals surface area (Å²) in [6.07, 6.45) is 1.52. The third-order valence-electron chi connectivity index (χ3n) is 3.03. The van der Waals surface area contributed by atoms with Crippen LogP contribution in [0.4, 0.5) is 0 Å². The molecular weight excluding hydrogens is 242 g/mol. The van der Waals surface area contributed by atoms with Gasteiger partial charge in [-0.05, 0) is 24.6 Å². The maximum absolute atomic E-state index is 11.1. The molecule has 0 aliphatic rings. The highest BCUT2D eigenvalue weighted by atomic mass is 16.4. The molecule has 1 N–H and O–H groups in total.